The molecular formula is C61H93N19O16. The average molecular weight is 1350 g/mol. The highest BCUT2D eigenvalue weighted by molar-refractivity contribution is 5.99. The fourth-order valence-electron chi connectivity index (χ4n) is 9.22. The van der Waals surface area contributed by atoms with Gasteiger partial charge in [-0.25, -0.2) is 4.98 Å². The summed E-state index contributed by atoms with van der Waals surface area (Å²) in [6, 6.07) is -1.05. The molecule has 0 bridgehead atoms. The molecule has 2 aromatic carbocycles. The van der Waals surface area contributed by atoms with Crippen LogP contribution >= 0.6 is 0 Å². The highest BCUT2D eigenvalue weighted by atomic mass is 16.3. The van der Waals surface area contributed by atoms with Crippen molar-refractivity contribution in [3.63, 3.8) is 0 Å². The summed E-state index contributed by atoms with van der Waals surface area (Å²) in [5, 5.41) is 60.6. The molecule has 1 aromatic heterocycles. The van der Waals surface area contributed by atoms with Crippen molar-refractivity contribution >= 4 is 82.8 Å². The van der Waals surface area contributed by atoms with Crippen molar-refractivity contribution in [1.29, 1.82) is 0 Å². The van der Waals surface area contributed by atoms with Gasteiger partial charge in [0.1, 0.15) is 65.9 Å². The first-order valence-electron chi connectivity index (χ1n) is 31.0. The van der Waals surface area contributed by atoms with Crippen LogP contribution in [-0.2, 0) is 81.6 Å². The molecular weight excluding hydrogens is 1250 g/mol. The number of nitrogens with two attached hydrogens (primary N) is 4. The maximum absolute atomic E-state index is 14.4. The summed E-state index contributed by atoms with van der Waals surface area (Å²) in [6.45, 7) is 8.34. The van der Waals surface area contributed by atoms with E-state index in [4.69, 9.17) is 22.9 Å². The third kappa shape index (κ3) is 29.2. The Morgan fingerprint density at radius 2 is 0.917 bits per heavy atom. The number of carbonyl (C=O) groups excluding carboxylic acids is 13. The lowest BCUT2D eigenvalue weighted by atomic mass is 9.99. The van der Waals surface area contributed by atoms with Crippen LogP contribution in [0, 0.1) is 11.8 Å². The predicted molar refractivity (Wildman–Crippen MR) is 347 cm³/mol. The van der Waals surface area contributed by atoms with Crippen LogP contribution in [0.3, 0.4) is 0 Å². The third-order valence-corrected chi connectivity index (χ3v) is 14.5. The molecule has 3 aromatic rings. The van der Waals surface area contributed by atoms with E-state index in [2.05, 4.69) is 78.8 Å². The largest absolute Gasteiger partial charge is 0.508 e. The maximum Gasteiger partial charge on any atom is 0.245 e. The van der Waals surface area contributed by atoms with E-state index in [9.17, 15) is 77.6 Å². The standard InChI is InChI=1S/C61H93N19O16/c1-31(2)49(73-35(7)82)58(94)70-28-46(85)74-41(12-10-22-67-61(64)65)53(89)68-29-48(87)79-51(34(6)81)60(96)77-43(23-36-13-17-39(83)18-14-36)54(90)69-27-47(86)75-45(25-38-26-66-30-71-38)57(93)80-50(32(3)4)59(95)78-44(24-37-15-19-40(84)20-16-37)56(92)76-42(11-8-9-21-62)55(91)72-33(5)52(63)88/h13-20,26,30-34,41-45,49-51,81,83-84H,8-12,21-25,27-29,62H2,1-7H3,(H2,63,88)(H,66,71)(H,68,89)(H,69,90)(H,70,94)(H,72,91)(H,73,82)(H,74,85)(H,75,86)(H,76,92)(H,77,96)(H,78,95)(H,79,87)(H,80,93)(H4,64,65,67)/t33-,34+,41-,42-,43-,44-,45-,49-,50-,51-/m0/s1. The van der Waals surface area contributed by atoms with Gasteiger partial charge in [-0.15, -0.1) is 0 Å². The fraction of sp³-hybridized carbons (Fsp3) is 0.525. The summed E-state index contributed by atoms with van der Waals surface area (Å²) in [7, 11) is 0. The van der Waals surface area contributed by atoms with Gasteiger partial charge >= 0.3 is 0 Å². The Balaban J connectivity index is 1.82. The molecule has 0 aliphatic rings. The molecule has 0 unspecified atom stereocenters. The number of nitrogens with zero attached hydrogens (tertiary/aromatic N) is 2. The molecule has 0 fully saturated rings. The van der Waals surface area contributed by atoms with Gasteiger partial charge in [-0.3, -0.25) is 67.3 Å². The number of H-pyrrole nitrogens is 1. The number of phenolic OH excluding ortho intramolecular Hbond substituents is 2. The number of aliphatic hydroxyl groups is 1. The fourth-order valence-corrected chi connectivity index (χ4v) is 9.22. The quantitative estimate of drug-likeness (QED) is 0.0143. The Morgan fingerprint density at radius 1 is 0.490 bits per heavy atom. The van der Waals surface area contributed by atoms with Crippen LogP contribution in [-0.4, -0.2) is 201 Å². The van der Waals surface area contributed by atoms with Gasteiger partial charge in [-0.2, -0.15) is 0 Å². The summed E-state index contributed by atoms with van der Waals surface area (Å²) in [4.78, 5) is 185. The second-order valence-electron chi connectivity index (χ2n) is 23.4. The second-order valence-corrected chi connectivity index (χ2v) is 23.4. The Kier molecular flexibility index (Phi) is 33.8. The summed E-state index contributed by atoms with van der Waals surface area (Å²) in [6.07, 6.45) is 1.34. The number of primary amides is 1. The number of aromatic amines is 1. The number of amides is 13. The lowest BCUT2D eigenvalue weighted by Crippen LogP contribution is -2.61. The zero-order valence-corrected chi connectivity index (χ0v) is 54.7. The number of hydrogen-bond acceptors (Lipinski definition) is 19. The van der Waals surface area contributed by atoms with E-state index in [1.54, 1.807) is 27.7 Å². The Hall–Kier alpha value is -10.5. The van der Waals surface area contributed by atoms with Crippen molar-refractivity contribution in [2.45, 2.75) is 160 Å². The molecule has 96 heavy (non-hydrogen) atoms. The first-order chi connectivity index (χ1) is 45.3. The number of aromatic nitrogens is 2. The molecule has 24 N–H and O–H groups in total. The van der Waals surface area contributed by atoms with Crippen molar-refractivity contribution in [1.82, 2.24) is 73.8 Å². The summed E-state index contributed by atoms with van der Waals surface area (Å²) in [5.41, 5.74) is 23.1. The van der Waals surface area contributed by atoms with E-state index >= 15 is 0 Å². The molecule has 1 heterocycles. The number of nitrogens with one attached hydrogen (secondary N) is 13. The zero-order valence-electron chi connectivity index (χ0n) is 54.7. The van der Waals surface area contributed by atoms with E-state index in [0.717, 1.165) is 6.92 Å². The number of imidazole rings is 1. The number of phenols is 2. The number of aliphatic imine (C=N–C) groups is 1. The topological polar surface area (TPSA) is 572 Å². The van der Waals surface area contributed by atoms with Gasteiger partial charge < -0.3 is 107 Å². The van der Waals surface area contributed by atoms with Gasteiger partial charge in [0, 0.05) is 44.6 Å². The SMILES string of the molecule is CC(=O)N[C@H](C(=O)NCC(=O)N[C@@H](CCCN=C(N)N)C(=O)NCC(=O)N[C@H](C(=O)N[C@@H](Cc1ccc(O)cc1)C(=O)NCC(=O)N[C@@H](Cc1cnc[nH]1)C(=O)N[C@H](C(=O)N[C@@H](Cc1ccc(O)cc1)C(=O)N[C@@H](CCCCN)C(=O)N[C@@H](C)C(N)=O)C(C)C)[C@@H](C)O)C(C)C. The number of carbonyl (C=O) groups is 13. The molecule has 0 spiro atoms. The number of aromatic hydroxyl groups is 2. The van der Waals surface area contributed by atoms with Gasteiger partial charge in [0.05, 0.1) is 32.1 Å². The Morgan fingerprint density at radius 3 is 1.40 bits per heavy atom. The van der Waals surface area contributed by atoms with Gasteiger partial charge in [0.25, 0.3) is 0 Å². The summed E-state index contributed by atoms with van der Waals surface area (Å²) < 4.78 is 0. The van der Waals surface area contributed by atoms with E-state index in [1.807, 2.05) is 0 Å². The number of unbranched alkanes of at least 4 members (excludes halogenated alkanes) is 1. The van der Waals surface area contributed by atoms with Gasteiger partial charge in [-0.1, -0.05) is 52.0 Å². The third-order valence-electron chi connectivity index (χ3n) is 14.5. The van der Waals surface area contributed by atoms with Crippen molar-refractivity contribution < 1.29 is 77.6 Å². The molecule has 0 radical (unpaired) electrons. The van der Waals surface area contributed by atoms with E-state index in [-0.39, 0.29) is 75.0 Å². The monoisotopic (exact) mass is 1350 g/mol. The van der Waals surface area contributed by atoms with E-state index in [0.29, 0.717) is 29.7 Å². The van der Waals surface area contributed by atoms with Crippen LogP contribution in [0.25, 0.3) is 0 Å². The van der Waals surface area contributed by atoms with Crippen molar-refractivity contribution in [3.8, 4) is 11.5 Å². The van der Waals surface area contributed by atoms with Gasteiger partial charge in [0.2, 0.25) is 76.8 Å². The molecule has 3 rings (SSSR count). The van der Waals surface area contributed by atoms with Crippen LogP contribution in [0.1, 0.15) is 97.4 Å². The van der Waals surface area contributed by atoms with E-state index in [1.165, 1.54) is 74.9 Å². The Bertz CT molecular complexity index is 3140. The number of aliphatic hydroxyl groups excluding tert-OH is 1. The number of benzene rings is 2. The van der Waals surface area contributed by atoms with Crippen LogP contribution in [0.5, 0.6) is 11.5 Å². The molecule has 35 heteroatoms. The number of rotatable bonds is 41. The summed E-state index contributed by atoms with van der Waals surface area (Å²) in [5.74, 6) is -12.6. The van der Waals surface area contributed by atoms with Crippen LogP contribution in [0.4, 0.5) is 0 Å². The second kappa shape index (κ2) is 40.6. The molecule has 0 aliphatic carbocycles. The van der Waals surface area contributed by atoms with Crippen LogP contribution in [0.15, 0.2) is 66.0 Å². The first-order valence-corrected chi connectivity index (χ1v) is 31.0. The van der Waals surface area contributed by atoms with E-state index < -0.39 is 163 Å². The molecule has 10 atom stereocenters. The molecule has 528 valence electrons. The number of guanidine groups is 1. The van der Waals surface area contributed by atoms with Crippen molar-refractivity contribution in [3.05, 3.63) is 77.9 Å². The summed E-state index contributed by atoms with van der Waals surface area (Å²) >= 11 is 0. The average Bonchev–Trinajstić information content (AvgIpc) is 0.954. The highest BCUT2D eigenvalue weighted by Gasteiger charge is 2.36. The molecule has 0 saturated carbocycles. The Labute approximate surface area is 554 Å². The molecule has 35 nitrogen and oxygen atoms in total. The highest BCUT2D eigenvalue weighted by Crippen LogP contribution is 2.15. The first kappa shape index (κ1) is 79.8. The van der Waals surface area contributed by atoms with Crippen molar-refractivity contribution in [2.24, 2.45) is 39.8 Å². The zero-order chi connectivity index (χ0) is 71.8. The minimum absolute atomic E-state index is 0.0389. The number of hydrogen-bond donors (Lipinski definition) is 20. The predicted octanol–water partition coefficient (Wildman–Crippen LogP) is -6.04. The minimum Gasteiger partial charge on any atom is -0.508 e. The maximum atomic E-state index is 14.4. The molecule has 0 saturated heterocycles. The minimum atomic E-state index is -1.79. The van der Waals surface area contributed by atoms with Gasteiger partial charge in [-0.05, 0) is 99.7 Å². The van der Waals surface area contributed by atoms with Crippen molar-refractivity contribution in [2.75, 3.05) is 32.7 Å². The lowest BCUT2D eigenvalue weighted by Gasteiger charge is -2.28. The van der Waals surface area contributed by atoms with Gasteiger partial charge in [0.15, 0.2) is 5.96 Å². The smallest absolute Gasteiger partial charge is 0.245 e. The molecule has 13 amide bonds. The van der Waals surface area contributed by atoms with Crippen LogP contribution in [0.2, 0.25) is 0 Å². The molecule has 0 aliphatic heterocycles. The lowest BCUT2D eigenvalue weighted by molar-refractivity contribution is -0.136. The normalized spacial score (nSPS) is 14.1. The van der Waals surface area contributed by atoms with Crippen LogP contribution < -0.4 is 86.7 Å².